The molecule has 0 aromatic rings. The Hall–Kier alpha value is -2.82. The minimum absolute atomic E-state index is 0.0207. The zero-order valence-electron chi connectivity index (χ0n) is 18.6. The lowest BCUT2D eigenvalue weighted by Crippen LogP contribution is -2.33. The van der Waals surface area contributed by atoms with E-state index in [-0.39, 0.29) is 23.7 Å². The lowest BCUT2D eigenvalue weighted by atomic mass is 10.1. The van der Waals surface area contributed by atoms with Crippen molar-refractivity contribution >= 4 is 23.7 Å². The normalized spacial score (nSPS) is 10.6. The van der Waals surface area contributed by atoms with Crippen LogP contribution >= 0.6 is 0 Å². The number of unbranched alkanes of at least 4 members (excludes halogenated alkanes) is 5. The molecule has 0 aliphatic carbocycles. The Kier molecular flexibility index (Phi) is 17.4. The maximum atomic E-state index is 12.5. The number of rotatable bonds is 18. The van der Waals surface area contributed by atoms with Crippen molar-refractivity contribution in [3.63, 3.8) is 0 Å². The van der Waals surface area contributed by atoms with E-state index in [1.165, 1.54) is 12.2 Å². The molecule has 0 saturated carbocycles. The van der Waals surface area contributed by atoms with Crippen LogP contribution in [0, 0.1) is 0 Å². The first-order valence-corrected chi connectivity index (χ1v) is 10.9. The summed E-state index contributed by atoms with van der Waals surface area (Å²) in [6.07, 6.45) is 10.2. The first-order chi connectivity index (χ1) is 14.9. The van der Waals surface area contributed by atoms with Crippen LogP contribution in [0.1, 0.15) is 51.4 Å². The maximum Gasteiger partial charge on any atom is 0.246 e. The molecule has 0 spiro atoms. The van der Waals surface area contributed by atoms with Crippen LogP contribution in [0.25, 0.3) is 0 Å². The summed E-state index contributed by atoms with van der Waals surface area (Å²) in [6.45, 7) is 3.18. The van der Waals surface area contributed by atoms with E-state index in [0.29, 0.717) is 45.6 Å². The van der Waals surface area contributed by atoms with Gasteiger partial charge < -0.3 is 38.9 Å². The maximum absolute atomic E-state index is 12.5. The van der Waals surface area contributed by atoms with E-state index < -0.39 is 0 Å². The highest BCUT2D eigenvalue weighted by Crippen LogP contribution is 2.07. The molecule has 2 amide bonds. The van der Waals surface area contributed by atoms with E-state index >= 15 is 0 Å². The minimum Gasteiger partial charge on any atom is -0.370 e. The van der Waals surface area contributed by atoms with Gasteiger partial charge in [-0.25, -0.2) is 0 Å². The summed E-state index contributed by atoms with van der Waals surface area (Å²) in [4.78, 5) is 33.9. The zero-order chi connectivity index (χ0) is 23.3. The van der Waals surface area contributed by atoms with Gasteiger partial charge in [-0.3, -0.25) is 19.6 Å². The van der Waals surface area contributed by atoms with Crippen LogP contribution in [0.2, 0.25) is 0 Å². The summed E-state index contributed by atoms with van der Waals surface area (Å²) in [5.74, 6) is -0.485. The molecule has 0 unspecified atom stereocenters. The summed E-state index contributed by atoms with van der Waals surface area (Å²) in [5, 5.41) is 2.69. The summed E-state index contributed by atoms with van der Waals surface area (Å²) in [6, 6.07) is 0. The molecule has 0 heterocycles. The lowest BCUT2D eigenvalue weighted by molar-refractivity contribution is -0.126. The molecule has 0 atom stereocenters. The summed E-state index contributed by atoms with van der Waals surface area (Å²) < 4.78 is 0. The molecule has 0 rings (SSSR count). The van der Waals surface area contributed by atoms with E-state index in [1.54, 1.807) is 4.90 Å². The summed E-state index contributed by atoms with van der Waals surface area (Å²) in [7, 11) is 0. The molecule has 11 nitrogen and oxygen atoms in total. The Morgan fingerprint density at radius 3 is 1.90 bits per heavy atom. The highest BCUT2D eigenvalue weighted by molar-refractivity contribution is 5.96. The van der Waals surface area contributed by atoms with Crippen LogP contribution < -0.4 is 34.0 Å². The van der Waals surface area contributed by atoms with Gasteiger partial charge in [0.1, 0.15) is 0 Å². The SMILES string of the molecule is NCCCCCCCCN(CCCN=C(N)N)C(=O)/C=C/C(=O)NCCCN=C(N)N. The molecule has 11 heteroatoms. The number of hydrogen-bond donors (Lipinski definition) is 6. The van der Waals surface area contributed by atoms with Crippen LogP contribution in [0.5, 0.6) is 0 Å². The van der Waals surface area contributed by atoms with Crippen molar-refractivity contribution in [2.45, 2.75) is 51.4 Å². The topological polar surface area (TPSA) is 204 Å². The second-order valence-electron chi connectivity index (χ2n) is 7.18. The Balaban J connectivity index is 4.44. The first-order valence-electron chi connectivity index (χ1n) is 10.9. The van der Waals surface area contributed by atoms with Crippen molar-refractivity contribution in [3.8, 4) is 0 Å². The highest BCUT2D eigenvalue weighted by Gasteiger charge is 2.10. The number of nitrogens with zero attached hydrogens (tertiary/aromatic N) is 3. The second-order valence-corrected chi connectivity index (χ2v) is 7.18. The fraction of sp³-hybridized carbons (Fsp3) is 0.700. The molecular formula is C20H41N9O2. The quantitative estimate of drug-likeness (QED) is 0.0687. The third-order valence-electron chi connectivity index (χ3n) is 4.38. The fourth-order valence-electron chi connectivity index (χ4n) is 2.77. The van der Waals surface area contributed by atoms with Crippen molar-refractivity contribution in [3.05, 3.63) is 12.2 Å². The Labute approximate surface area is 185 Å². The van der Waals surface area contributed by atoms with Crippen molar-refractivity contribution < 1.29 is 9.59 Å². The molecule has 0 aromatic carbocycles. The molecule has 0 aromatic heterocycles. The van der Waals surface area contributed by atoms with E-state index in [0.717, 1.165) is 45.1 Å². The molecule has 0 bridgehead atoms. The van der Waals surface area contributed by atoms with Gasteiger partial charge in [-0.05, 0) is 32.2 Å². The van der Waals surface area contributed by atoms with Crippen molar-refractivity contribution in [1.82, 2.24) is 10.2 Å². The third kappa shape index (κ3) is 18.9. The van der Waals surface area contributed by atoms with Gasteiger partial charge in [0.25, 0.3) is 0 Å². The predicted octanol–water partition coefficient (Wildman–Crippen LogP) is -0.886. The molecule has 0 saturated heterocycles. The Morgan fingerprint density at radius 1 is 0.742 bits per heavy atom. The summed E-state index contributed by atoms with van der Waals surface area (Å²) in [5.41, 5.74) is 26.6. The highest BCUT2D eigenvalue weighted by atomic mass is 16.2. The number of amides is 2. The number of nitrogens with one attached hydrogen (secondary N) is 1. The summed E-state index contributed by atoms with van der Waals surface area (Å²) >= 11 is 0. The van der Waals surface area contributed by atoms with Gasteiger partial charge in [-0.2, -0.15) is 0 Å². The van der Waals surface area contributed by atoms with Crippen molar-refractivity contribution in [2.24, 2.45) is 38.7 Å². The van der Waals surface area contributed by atoms with E-state index in [2.05, 4.69) is 15.3 Å². The first kappa shape index (κ1) is 28.2. The van der Waals surface area contributed by atoms with Gasteiger partial charge in [0.05, 0.1) is 0 Å². The van der Waals surface area contributed by atoms with Gasteiger partial charge in [0.15, 0.2) is 11.9 Å². The number of carbonyl (C=O) groups is 2. The van der Waals surface area contributed by atoms with E-state index in [4.69, 9.17) is 28.7 Å². The monoisotopic (exact) mass is 439 g/mol. The van der Waals surface area contributed by atoms with Crippen molar-refractivity contribution in [2.75, 3.05) is 39.3 Å². The van der Waals surface area contributed by atoms with Crippen LogP contribution in [0.15, 0.2) is 22.1 Å². The van der Waals surface area contributed by atoms with Crippen LogP contribution in [-0.2, 0) is 9.59 Å². The number of carbonyl (C=O) groups excluding carboxylic acids is 2. The zero-order valence-corrected chi connectivity index (χ0v) is 18.6. The Morgan fingerprint density at radius 2 is 1.29 bits per heavy atom. The largest absolute Gasteiger partial charge is 0.370 e. The molecule has 178 valence electrons. The molecule has 0 aliphatic heterocycles. The van der Waals surface area contributed by atoms with Crippen LogP contribution in [0.4, 0.5) is 0 Å². The number of aliphatic imine (C=N–C) groups is 2. The van der Waals surface area contributed by atoms with Crippen molar-refractivity contribution in [1.29, 1.82) is 0 Å². The molecule has 0 fully saturated rings. The number of nitrogens with two attached hydrogens (primary N) is 5. The lowest BCUT2D eigenvalue weighted by Gasteiger charge is -2.21. The molecule has 0 aliphatic rings. The minimum atomic E-state index is -0.335. The van der Waals surface area contributed by atoms with Gasteiger partial charge >= 0.3 is 0 Å². The number of hydrogen-bond acceptors (Lipinski definition) is 5. The molecule has 31 heavy (non-hydrogen) atoms. The smallest absolute Gasteiger partial charge is 0.246 e. The average molecular weight is 440 g/mol. The molecular weight excluding hydrogens is 398 g/mol. The molecule has 0 radical (unpaired) electrons. The third-order valence-corrected chi connectivity index (χ3v) is 4.38. The van der Waals surface area contributed by atoms with E-state index in [9.17, 15) is 9.59 Å². The molecule has 11 N–H and O–H groups in total. The predicted molar refractivity (Wildman–Crippen MR) is 126 cm³/mol. The fourth-order valence-corrected chi connectivity index (χ4v) is 2.77. The van der Waals surface area contributed by atoms with Gasteiger partial charge in [0.2, 0.25) is 11.8 Å². The van der Waals surface area contributed by atoms with Crippen LogP contribution in [0.3, 0.4) is 0 Å². The standard InChI is InChI=1S/C20H41N9O2/c21-11-5-3-1-2-4-6-15-29(16-8-14-28-20(24)25)18(31)10-9-17(30)26-12-7-13-27-19(22)23/h9-10H,1-8,11-16,21H2,(H,26,30)(H4,22,23,27)(H4,24,25,28)/b10-9+. The van der Waals surface area contributed by atoms with Crippen LogP contribution in [-0.4, -0.2) is 67.9 Å². The number of guanidine groups is 2. The van der Waals surface area contributed by atoms with E-state index in [1.807, 2.05) is 0 Å². The second kappa shape index (κ2) is 19.2. The van der Waals surface area contributed by atoms with Gasteiger partial charge in [0, 0.05) is 44.9 Å². The Bertz CT molecular complexity index is 583. The van der Waals surface area contributed by atoms with Gasteiger partial charge in [-0.1, -0.05) is 25.7 Å². The van der Waals surface area contributed by atoms with Gasteiger partial charge in [-0.15, -0.1) is 0 Å². The average Bonchev–Trinajstić information content (AvgIpc) is 2.72.